The minimum atomic E-state index is -0.260. The average molecular weight is 285 g/mol. The van der Waals surface area contributed by atoms with Crippen molar-refractivity contribution in [3.8, 4) is 11.8 Å². The van der Waals surface area contributed by atoms with Crippen molar-refractivity contribution in [2.75, 3.05) is 6.54 Å². The smallest absolute Gasteiger partial charge is 0.129 e. The second-order valence-electron chi connectivity index (χ2n) is 4.97. The fourth-order valence-corrected chi connectivity index (χ4v) is 2.47. The number of nitrogens with zero attached hydrogens (tertiary/aromatic N) is 2. The SMILES string of the molecule is CCc1c(C)nn(Cc2ccc(C#CCN)cc2F)c1C. The third kappa shape index (κ3) is 3.32. The Hall–Kier alpha value is -2.12. The van der Waals surface area contributed by atoms with Gasteiger partial charge < -0.3 is 5.73 Å². The number of halogens is 1. The van der Waals surface area contributed by atoms with Gasteiger partial charge in [-0.25, -0.2) is 4.39 Å². The molecule has 0 aliphatic rings. The highest BCUT2D eigenvalue weighted by atomic mass is 19.1. The van der Waals surface area contributed by atoms with E-state index < -0.39 is 0 Å². The zero-order valence-electron chi connectivity index (χ0n) is 12.7. The second-order valence-corrected chi connectivity index (χ2v) is 4.97. The zero-order valence-corrected chi connectivity index (χ0v) is 12.7. The van der Waals surface area contributed by atoms with Crippen LogP contribution in [0.5, 0.6) is 0 Å². The molecule has 1 aromatic carbocycles. The van der Waals surface area contributed by atoms with Gasteiger partial charge in [0.1, 0.15) is 5.82 Å². The van der Waals surface area contributed by atoms with Gasteiger partial charge in [0.15, 0.2) is 0 Å². The molecule has 1 heterocycles. The van der Waals surface area contributed by atoms with Crippen LogP contribution in [0.2, 0.25) is 0 Å². The van der Waals surface area contributed by atoms with Gasteiger partial charge in [-0.1, -0.05) is 24.8 Å². The Bertz CT molecular complexity index is 705. The first-order chi connectivity index (χ1) is 10.1. The van der Waals surface area contributed by atoms with Gasteiger partial charge in [0, 0.05) is 16.8 Å². The van der Waals surface area contributed by atoms with E-state index in [1.54, 1.807) is 6.07 Å². The van der Waals surface area contributed by atoms with E-state index >= 15 is 0 Å². The van der Waals surface area contributed by atoms with E-state index in [9.17, 15) is 4.39 Å². The maximum atomic E-state index is 14.1. The molecule has 0 bridgehead atoms. The van der Waals surface area contributed by atoms with Crippen LogP contribution in [0.3, 0.4) is 0 Å². The number of rotatable bonds is 3. The van der Waals surface area contributed by atoms with Gasteiger partial charge in [0.05, 0.1) is 18.8 Å². The maximum absolute atomic E-state index is 14.1. The number of hydrogen-bond acceptors (Lipinski definition) is 2. The first-order valence-electron chi connectivity index (χ1n) is 7.07. The van der Waals surface area contributed by atoms with Crippen molar-refractivity contribution in [2.45, 2.75) is 33.7 Å². The summed E-state index contributed by atoms with van der Waals surface area (Å²) in [7, 11) is 0. The lowest BCUT2D eigenvalue weighted by atomic mass is 10.1. The quantitative estimate of drug-likeness (QED) is 0.881. The lowest BCUT2D eigenvalue weighted by molar-refractivity contribution is 0.578. The number of benzene rings is 1. The molecule has 0 radical (unpaired) electrons. The summed E-state index contributed by atoms with van der Waals surface area (Å²) in [6, 6.07) is 5.02. The molecule has 2 aromatic rings. The van der Waals surface area contributed by atoms with E-state index in [4.69, 9.17) is 5.73 Å². The summed E-state index contributed by atoms with van der Waals surface area (Å²) < 4.78 is 16.0. The Morgan fingerprint density at radius 2 is 2.10 bits per heavy atom. The van der Waals surface area contributed by atoms with Crippen molar-refractivity contribution < 1.29 is 4.39 Å². The van der Waals surface area contributed by atoms with Crippen molar-refractivity contribution in [3.63, 3.8) is 0 Å². The third-order valence-corrected chi connectivity index (χ3v) is 3.59. The molecule has 2 N–H and O–H groups in total. The summed E-state index contributed by atoms with van der Waals surface area (Å²) >= 11 is 0. The molecular weight excluding hydrogens is 265 g/mol. The van der Waals surface area contributed by atoms with Gasteiger partial charge in [-0.3, -0.25) is 4.68 Å². The van der Waals surface area contributed by atoms with Crippen molar-refractivity contribution in [1.29, 1.82) is 0 Å². The van der Waals surface area contributed by atoms with Crippen molar-refractivity contribution in [2.24, 2.45) is 5.73 Å². The Morgan fingerprint density at radius 1 is 1.33 bits per heavy atom. The fourth-order valence-electron chi connectivity index (χ4n) is 2.47. The summed E-state index contributed by atoms with van der Waals surface area (Å²) in [5, 5.41) is 4.49. The second kappa shape index (κ2) is 6.55. The summed E-state index contributed by atoms with van der Waals surface area (Å²) in [5.74, 6) is 5.29. The molecule has 0 aliphatic heterocycles. The first-order valence-corrected chi connectivity index (χ1v) is 7.07. The highest BCUT2D eigenvalue weighted by Gasteiger charge is 2.11. The normalized spacial score (nSPS) is 10.3. The Labute approximate surface area is 125 Å². The molecule has 110 valence electrons. The predicted molar refractivity (Wildman–Crippen MR) is 82.5 cm³/mol. The minimum Gasteiger partial charge on any atom is -0.320 e. The molecule has 0 unspecified atom stereocenters. The van der Waals surface area contributed by atoms with Crippen molar-refractivity contribution in [3.05, 3.63) is 52.1 Å². The largest absolute Gasteiger partial charge is 0.320 e. The lowest BCUT2D eigenvalue weighted by Gasteiger charge is -2.07. The van der Waals surface area contributed by atoms with E-state index in [1.165, 1.54) is 11.6 Å². The van der Waals surface area contributed by atoms with Crippen LogP contribution >= 0.6 is 0 Å². The number of nitrogens with two attached hydrogens (primary N) is 1. The summed E-state index contributed by atoms with van der Waals surface area (Å²) in [6.45, 7) is 6.83. The Kier molecular flexibility index (Phi) is 4.77. The standard InChI is InChI=1S/C17H20FN3/c1-4-16-12(2)20-21(13(16)3)11-15-8-7-14(6-5-9-19)10-17(15)18/h7-8,10H,4,9,11,19H2,1-3H3. The summed E-state index contributed by atoms with van der Waals surface area (Å²) in [6.07, 6.45) is 0.938. The van der Waals surface area contributed by atoms with Crippen LogP contribution < -0.4 is 5.73 Å². The fraction of sp³-hybridized carbons (Fsp3) is 0.353. The first kappa shape index (κ1) is 15.3. The van der Waals surface area contributed by atoms with E-state index in [0.29, 0.717) is 17.7 Å². The Morgan fingerprint density at radius 3 is 2.67 bits per heavy atom. The van der Waals surface area contributed by atoms with Crippen LogP contribution in [0.4, 0.5) is 4.39 Å². The van der Waals surface area contributed by atoms with Crippen molar-refractivity contribution in [1.82, 2.24) is 9.78 Å². The van der Waals surface area contributed by atoms with Crippen LogP contribution in [0, 0.1) is 31.5 Å². The van der Waals surface area contributed by atoms with E-state index in [2.05, 4.69) is 23.9 Å². The van der Waals surface area contributed by atoms with Gasteiger partial charge in [-0.2, -0.15) is 5.10 Å². The molecule has 0 saturated carbocycles. The summed E-state index contributed by atoms with van der Waals surface area (Å²) in [5.41, 5.74) is 9.92. The molecule has 0 spiro atoms. The topological polar surface area (TPSA) is 43.8 Å². The molecule has 21 heavy (non-hydrogen) atoms. The highest BCUT2D eigenvalue weighted by Crippen LogP contribution is 2.17. The number of hydrogen-bond donors (Lipinski definition) is 1. The Balaban J connectivity index is 2.28. The molecule has 1 aromatic heterocycles. The number of aryl methyl sites for hydroxylation is 1. The predicted octanol–water partition coefficient (Wildman–Crippen LogP) is 2.56. The molecule has 0 aliphatic carbocycles. The highest BCUT2D eigenvalue weighted by molar-refractivity contribution is 5.37. The maximum Gasteiger partial charge on any atom is 0.129 e. The van der Waals surface area contributed by atoms with Gasteiger partial charge >= 0.3 is 0 Å². The average Bonchev–Trinajstić information content (AvgIpc) is 2.73. The van der Waals surface area contributed by atoms with Crippen molar-refractivity contribution >= 4 is 0 Å². The van der Waals surface area contributed by atoms with E-state index in [0.717, 1.165) is 17.8 Å². The molecule has 0 atom stereocenters. The third-order valence-electron chi connectivity index (χ3n) is 3.59. The molecule has 0 fully saturated rings. The van der Waals surface area contributed by atoms with Gasteiger partial charge in [0.25, 0.3) is 0 Å². The summed E-state index contributed by atoms with van der Waals surface area (Å²) in [4.78, 5) is 0. The molecule has 0 amide bonds. The minimum absolute atomic E-state index is 0.260. The zero-order chi connectivity index (χ0) is 15.4. The van der Waals surface area contributed by atoms with Crippen LogP contribution in [0.15, 0.2) is 18.2 Å². The molecule has 3 nitrogen and oxygen atoms in total. The lowest BCUT2D eigenvalue weighted by Crippen LogP contribution is -2.06. The van der Waals surface area contributed by atoms with Gasteiger partial charge in [0.2, 0.25) is 0 Å². The van der Waals surface area contributed by atoms with Crippen LogP contribution in [-0.2, 0) is 13.0 Å². The van der Waals surface area contributed by atoms with Crippen LogP contribution in [-0.4, -0.2) is 16.3 Å². The monoisotopic (exact) mass is 285 g/mol. The molecule has 2 rings (SSSR count). The molecule has 4 heteroatoms. The van der Waals surface area contributed by atoms with E-state index in [-0.39, 0.29) is 12.4 Å². The van der Waals surface area contributed by atoms with Gasteiger partial charge in [-0.15, -0.1) is 0 Å². The van der Waals surface area contributed by atoms with Gasteiger partial charge in [-0.05, 0) is 38.0 Å². The van der Waals surface area contributed by atoms with Crippen LogP contribution in [0.1, 0.15) is 35.0 Å². The van der Waals surface area contributed by atoms with Crippen LogP contribution in [0.25, 0.3) is 0 Å². The van der Waals surface area contributed by atoms with E-state index in [1.807, 2.05) is 24.6 Å². The molecular formula is C17H20FN3. The number of aromatic nitrogens is 2. The molecule has 0 saturated heterocycles.